The maximum absolute atomic E-state index is 11.3. The van der Waals surface area contributed by atoms with Gasteiger partial charge in [0.2, 0.25) is 0 Å². The molecule has 11 heteroatoms. The van der Waals surface area contributed by atoms with Gasteiger partial charge in [0.1, 0.15) is 5.75 Å². The number of hydrogen-bond acceptors (Lipinski definition) is 7. The number of carboxylic acids is 1. The van der Waals surface area contributed by atoms with Crippen molar-refractivity contribution in [2.24, 2.45) is 16.5 Å². The summed E-state index contributed by atoms with van der Waals surface area (Å²) in [4.78, 5) is 26.1. The molecule has 2 rings (SSSR count). The molecule has 0 aliphatic heterocycles. The quantitative estimate of drug-likeness (QED) is 0.121. The van der Waals surface area contributed by atoms with Gasteiger partial charge in [-0.3, -0.25) is 14.5 Å². The van der Waals surface area contributed by atoms with E-state index in [0.717, 1.165) is 10.0 Å². The third-order valence-electron chi connectivity index (χ3n) is 3.99. The molecule has 168 valence electrons. The van der Waals surface area contributed by atoms with Gasteiger partial charge in [-0.15, -0.1) is 0 Å². The first kappa shape index (κ1) is 24.6. The smallest absolute Gasteiger partial charge is 0.305 e. The number of guanidine groups is 1. The predicted molar refractivity (Wildman–Crippen MR) is 119 cm³/mol. The number of halogens is 1. The summed E-state index contributed by atoms with van der Waals surface area (Å²) >= 11 is 3.39. The Morgan fingerprint density at radius 2 is 2.03 bits per heavy atom. The largest absolute Gasteiger partial charge is 0.496 e. The Morgan fingerprint density at radius 1 is 1.23 bits per heavy atom. The molecule has 0 heterocycles. The zero-order valence-corrected chi connectivity index (χ0v) is 18.6. The van der Waals surface area contributed by atoms with Crippen molar-refractivity contribution in [3.05, 3.63) is 58.1 Å². The number of aliphatic carboxylic acids is 1. The summed E-state index contributed by atoms with van der Waals surface area (Å²) in [7, 11) is 1.53. The molecule has 0 aliphatic rings. The van der Waals surface area contributed by atoms with E-state index < -0.39 is 12.0 Å². The predicted octanol–water partition coefficient (Wildman–Crippen LogP) is 2.12. The Balaban J connectivity index is 1.78. The molecule has 2 aromatic rings. The number of ether oxygens (including phenoxy) is 1. The van der Waals surface area contributed by atoms with Crippen molar-refractivity contribution >= 4 is 33.5 Å². The molecule has 1 unspecified atom stereocenters. The van der Waals surface area contributed by atoms with Gasteiger partial charge in [-0.2, -0.15) is 11.0 Å². The SMILES string of the molecule is COc1ccc(Br)cc1C(CC(=O)O)NOCCNOCc1cccc(N=C(N)N)c1. The average molecular weight is 496 g/mol. The van der Waals surface area contributed by atoms with E-state index in [4.69, 9.17) is 25.9 Å². The number of hydroxylamine groups is 2. The van der Waals surface area contributed by atoms with Gasteiger partial charge in [-0.1, -0.05) is 28.1 Å². The number of benzene rings is 2. The average Bonchev–Trinajstić information content (AvgIpc) is 2.71. The van der Waals surface area contributed by atoms with Crippen LogP contribution in [0.3, 0.4) is 0 Å². The second-order valence-electron chi connectivity index (χ2n) is 6.39. The standard InChI is InChI=1S/C20H26BrN5O5/c1-29-18-6-5-14(21)10-16(18)17(11-19(27)28)26-30-8-7-24-31-12-13-3-2-4-15(9-13)25-20(22)23/h2-6,9-10,17,24,26H,7-8,11-12H2,1H3,(H,27,28)(H4,22,23,25). The number of nitrogens with zero attached hydrogens (tertiary/aromatic N) is 1. The molecule has 0 spiro atoms. The normalized spacial score (nSPS) is 11.7. The lowest BCUT2D eigenvalue weighted by Gasteiger charge is -2.20. The van der Waals surface area contributed by atoms with Crippen LogP contribution in [0.4, 0.5) is 5.69 Å². The Hall–Kier alpha value is -2.70. The highest BCUT2D eigenvalue weighted by atomic mass is 79.9. The number of nitrogens with one attached hydrogen (secondary N) is 2. The van der Waals surface area contributed by atoms with Crippen LogP contribution in [-0.4, -0.2) is 37.3 Å². The summed E-state index contributed by atoms with van der Waals surface area (Å²) in [6.07, 6.45) is -0.178. The van der Waals surface area contributed by atoms with E-state index in [1.54, 1.807) is 24.3 Å². The molecule has 10 nitrogen and oxygen atoms in total. The van der Waals surface area contributed by atoms with Gasteiger partial charge in [0, 0.05) is 16.6 Å². The summed E-state index contributed by atoms with van der Waals surface area (Å²) in [5.41, 5.74) is 18.5. The Bertz CT molecular complexity index is 892. The Labute approximate surface area is 188 Å². The van der Waals surface area contributed by atoms with Gasteiger partial charge in [-0.05, 0) is 35.9 Å². The van der Waals surface area contributed by atoms with Crippen molar-refractivity contribution in [2.45, 2.75) is 19.1 Å². The summed E-state index contributed by atoms with van der Waals surface area (Å²) in [6, 6.07) is 12.1. The lowest BCUT2D eigenvalue weighted by Crippen LogP contribution is -2.29. The van der Waals surface area contributed by atoms with Crippen molar-refractivity contribution < 1.29 is 24.3 Å². The van der Waals surface area contributed by atoms with Crippen LogP contribution in [0.25, 0.3) is 0 Å². The van der Waals surface area contributed by atoms with Crippen LogP contribution in [0.15, 0.2) is 51.9 Å². The van der Waals surface area contributed by atoms with Crippen LogP contribution in [0.1, 0.15) is 23.6 Å². The number of carbonyl (C=O) groups is 1. The molecule has 0 saturated heterocycles. The second-order valence-corrected chi connectivity index (χ2v) is 7.31. The molecule has 0 fully saturated rings. The van der Waals surface area contributed by atoms with Crippen LogP contribution in [0, 0.1) is 0 Å². The van der Waals surface area contributed by atoms with Crippen molar-refractivity contribution in [2.75, 3.05) is 20.3 Å². The Morgan fingerprint density at radius 3 is 2.74 bits per heavy atom. The molecule has 0 saturated carbocycles. The fourth-order valence-corrected chi connectivity index (χ4v) is 3.07. The van der Waals surface area contributed by atoms with Gasteiger partial charge < -0.3 is 21.3 Å². The van der Waals surface area contributed by atoms with Gasteiger partial charge in [0.15, 0.2) is 5.96 Å². The molecule has 31 heavy (non-hydrogen) atoms. The first-order valence-electron chi connectivity index (χ1n) is 9.34. The molecule has 2 aromatic carbocycles. The van der Waals surface area contributed by atoms with Crippen LogP contribution in [0.2, 0.25) is 0 Å². The highest BCUT2D eigenvalue weighted by Gasteiger charge is 2.20. The number of hydrogen-bond donors (Lipinski definition) is 5. The zero-order chi connectivity index (χ0) is 22.6. The third kappa shape index (κ3) is 8.90. The summed E-state index contributed by atoms with van der Waals surface area (Å²) in [5.74, 6) is -0.412. The fourth-order valence-electron chi connectivity index (χ4n) is 2.69. The number of aliphatic imine (C=N–C) groups is 1. The lowest BCUT2D eigenvalue weighted by molar-refractivity contribution is -0.138. The molecule has 7 N–H and O–H groups in total. The first-order chi connectivity index (χ1) is 14.9. The topological polar surface area (TPSA) is 153 Å². The van der Waals surface area contributed by atoms with Crippen LogP contribution in [-0.2, 0) is 21.1 Å². The molecular formula is C20H26BrN5O5. The molecule has 0 aliphatic carbocycles. The van der Waals surface area contributed by atoms with Crippen LogP contribution >= 0.6 is 15.9 Å². The molecule has 0 radical (unpaired) electrons. The molecule has 1 atom stereocenters. The van der Waals surface area contributed by atoms with Crippen LogP contribution in [0.5, 0.6) is 5.75 Å². The minimum Gasteiger partial charge on any atom is -0.496 e. The van der Waals surface area contributed by atoms with Gasteiger partial charge >= 0.3 is 5.97 Å². The van der Waals surface area contributed by atoms with E-state index in [-0.39, 0.29) is 19.0 Å². The monoisotopic (exact) mass is 495 g/mol. The highest BCUT2D eigenvalue weighted by molar-refractivity contribution is 9.10. The lowest BCUT2D eigenvalue weighted by atomic mass is 10.0. The summed E-state index contributed by atoms with van der Waals surface area (Å²) in [6.45, 7) is 0.911. The number of nitrogens with two attached hydrogens (primary N) is 2. The number of methoxy groups -OCH3 is 1. The van der Waals surface area contributed by atoms with E-state index in [9.17, 15) is 9.90 Å². The highest BCUT2D eigenvalue weighted by Crippen LogP contribution is 2.30. The van der Waals surface area contributed by atoms with Gasteiger partial charge in [-0.25, -0.2) is 4.99 Å². The van der Waals surface area contributed by atoms with E-state index in [1.165, 1.54) is 7.11 Å². The Kier molecular flexibility index (Phi) is 10.2. The number of carboxylic acid groups (broad SMARTS) is 1. The summed E-state index contributed by atoms with van der Waals surface area (Å²) in [5, 5.41) is 9.22. The van der Waals surface area contributed by atoms with E-state index in [2.05, 4.69) is 31.9 Å². The van der Waals surface area contributed by atoms with Crippen LogP contribution < -0.4 is 27.2 Å². The van der Waals surface area contributed by atoms with Gasteiger partial charge in [0.25, 0.3) is 0 Å². The maximum atomic E-state index is 11.3. The van der Waals surface area contributed by atoms with Crippen molar-refractivity contribution in [1.82, 2.24) is 11.0 Å². The van der Waals surface area contributed by atoms with Crippen molar-refractivity contribution in [1.29, 1.82) is 0 Å². The minimum atomic E-state index is -0.965. The molecular weight excluding hydrogens is 470 g/mol. The molecule has 0 aromatic heterocycles. The second kappa shape index (κ2) is 12.9. The summed E-state index contributed by atoms with van der Waals surface area (Å²) < 4.78 is 6.14. The first-order valence-corrected chi connectivity index (χ1v) is 10.1. The van der Waals surface area contributed by atoms with E-state index in [1.807, 2.05) is 18.2 Å². The number of rotatable bonds is 13. The fraction of sp³-hybridized carbons (Fsp3) is 0.300. The van der Waals surface area contributed by atoms with Gasteiger partial charge in [0.05, 0.1) is 38.5 Å². The minimum absolute atomic E-state index is 0.0116. The van der Waals surface area contributed by atoms with E-state index in [0.29, 0.717) is 30.2 Å². The zero-order valence-electron chi connectivity index (χ0n) is 17.0. The molecule has 0 bridgehead atoms. The van der Waals surface area contributed by atoms with Crippen molar-refractivity contribution in [3.63, 3.8) is 0 Å². The van der Waals surface area contributed by atoms with E-state index >= 15 is 0 Å². The van der Waals surface area contributed by atoms with Crippen molar-refractivity contribution in [3.8, 4) is 5.75 Å². The maximum Gasteiger partial charge on any atom is 0.305 e. The third-order valence-corrected chi connectivity index (χ3v) is 4.48. The molecule has 0 amide bonds.